The second kappa shape index (κ2) is 4.44. The maximum atomic E-state index is 11.4. The molecular weight excluding hydrogens is 240 g/mol. The first kappa shape index (κ1) is 12.0. The number of nitrogens with zero attached hydrogens (tertiary/aromatic N) is 2. The molecule has 1 N–H and O–H groups in total. The Hall–Kier alpha value is -1.43. The third kappa shape index (κ3) is 2.31. The van der Waals surface area contributed by atoms with Crippen molar-refractivity contribution in [3.8, 4) is 0 Å². The average Bonchev–Trinajstić information content (AvgIpc) is 2.96. The summed E-state index contributed by atoms with van der Waals surface area (Å²) in [4.78, 5) is 28.8. The quantitative estimate of drug-likeness (QED) is 0.814. The summed E-state index contributed by atoms with van der Waals surface area (Å²) in [6, 6.07) is 0.465. The van der Waals surface area contributed by atoms with Gasteiger partial charge in [-0.3, -0.25) is 4.79 Å². The summed E-state index contributed by atoms with van der Waals surface area (Å²) in [5, 5.41) is 9.66. The lowest BCUT2D eigenvalue weighted by Gasteiger charge is -2.18. The maximum Gasteiger partial charge on any atom is 0.356 e. The van der Waals surface area contributed by atoms with E-state index >= 15 is 0 Å². The molecule has 92 valence electrons. The first-order valence-electron chi connectivity index (χ1n) is 5.56. The number of rotatable bonds is 5. The fourth-order valence-electron chi connectivity index (χ4n) is 1.75. The molecule has 6 heteroatoms. The highest BCUT2D eigenvalue weighted by atomic mass is 32.1. The molecule has 0 bridgehead atoms. The molecule has 1 saturated carbocycles. The van der Waals surface area contributed by atoms with Crippen LogP contribution in [0.2, 0.25) is 0 Å². The molecule has 0 atom stereocenters. The smallest absolute Gasteiger partial charge is 0.356 e. The van der Waals surface area contributed by atoms with E-state index in [1.54, 1.807) is 0 Å². The fraction of sp³-hybridized carbons (Fsp3) is 0.545. The lowest BCUT2D eigenvalue weighted by atomic mass is 10.3. The molecule has 5 nitrogen and oxygen atoms in total. The van der Waals surface area contributed by atoms with Crippen LogP contribution in [0.4, 0.5) is 5.13 Å². The van der Waals surface area contributed by atoms with Gasteiger partial charge in [-0.15, -0.1) is 0 Å². The predicted octanol–water partition coefficient (Wildman–Crippen LogP) is 2.03. The summed E-state index contributed by atoms with van der Waals surface area (Å²) >= 11 is 1.18. The Bertz CT molecular complexity index is 434. The van der Waals surface area contributed by atoms with Crippen molar-refractivity contribution in [2.75, 3.05) is 11.4 Å². The standard InChI is InChI=1S/C11H14N2O3S/c1-3-13(7-4-5-7)11-12-8(10(15)16)9(17-11)6(2)14/h7H,3-5H2,1-2H3,(H,15,16). The first-order chi connectivity index (χ1) is 8.04. The second-order valence-corrected chi connectivity index (χ2v) is 5.03. The molecule has 1 aliphatic rings. The molecule has 0 saturated heterocycles. The van der Waals surface area contributed by atoms with Crippen LogP contribution < -0.4 is 4.90 Å². The Kier molecular flexibility index (Phi) is 3.15. The molecule has 1 aromatic rings. The van der Waals surface area contributed by atoms with Gasteiger partial charge in [0.15, 0.2) is 16.6 Å². The van der Waals surface area contributed by atoms with Crippen molar-refractivity contribution >= 4 is 28.2 Å². The minimum Gasteiger partial charge on any atom is -0.476 e. The van der Waals surface area contributed by atoms with Gasteiger partial charge in [-0.2, -0.15) is 0 Å². The van der Waals surface area contributed by atoms with Crippen LogP contribution in [0, 0.1) is 0 Å². The van der Waals surface area contributed by atoms with Crippen molar-refractivity contribution in [2.24, 2.45) is 0 Å². The number of hydrogen-bond donors (Lipinski definition) is 1. The largest absolute Gasteiger partial charge is 0.476 e. The molecule has 2 rings (SSSR count). The number of anilines is 1. The van der Waals surface area contributed by atoms with Crippen LogP contribution in [0.15, 0.2) is 0 Å². The molecule has 0 radical (unpaired) electrons. The van der Waals surface area contributed by atoms with Crippen molar-refractivity contribution in [3.63, 3.8) is 0 Å². The number of thiazole rings is 1. The SMILES string of the molecule is CCN(c1nc(C(=O)O)c(C(C)=O)s1)C1CC1. The lowest BCUT2D eigenvalue weighted by Crippen LogP contribution is -2.24. The molecule has 1 fully saturated rings. The lowest BCUT2D eigenvalue weighted by molar-refractivity contribution is 0.0687. The summed E-state index contributed by atoms with van der Waals surface area (Å²) in [7, 11) is 0. The summed E-state index contributed by atoms with van der Waals surface area (Å²) < 4.78 is 0. The van der Waals surface area contributed by atoms with Gasteiger partial charge in [0.05, 0.1) is 0 Å². The van der Waals surface area contributed by atoms with E-state index in [0.717, 1.165) is 19.4 Å². The third-order valence-corrected chi connectivity index (χ3v) is 3.91. The molecule has 0 aliphatic heterocycles. The molecule has 1 aromatic heterocycles. The van der Waals surface area contributed by atoms with E-state index in [4.69, 9.17) is 5.11 Å². The van der Waals surface area contributed by atoms with Gasteiger partial charge in [0.25, 0.3) is 0 Å². The van der Waals surface area contributed by atoms with Crippen LogP contribution in [-0.2, 0) is 0 Å². The first-order valence-corrected chi connectivity index (χ1v) is 6.38. The van der Waals surface area contributed by atoms with Crippen molar-refractivity contribution in [1.82, 2.24) is 4.98 Å². The molecule has 1 aliphatic carbocycles. The number of carbonyl (C=O) groups excluding carboxylic acids is 1. The Labute approximate surface area is 103 Å². The van der Waals surface area contributed by atoms with Gasteiger partial charge in [0, 0.05) is 19.5 Å². The minimum atomic E-state index is -1.13. The van der Waals surface area contributed by atoms with Gasteiger partial charge in [0.1, 0.15) is 4.88 Å². The zero-order chi connectivity index (χ0) is 12.6. The van der Waals surface area contributed by atoms with Crippen LogP contribution in [0.1, 0.15) is 46.8 Å². The second-order valence-electron chi connectivity index (χ2n) is 4.05. The summed E-state index contributed by atoms with van der Waals surface area (Å²) in [6.45, 7) is 4.17. The van der Waals surface area contributed by atoms with Crippen LogP contribution in [0.25, 0.3) is 0 Å². The van der Waals surface area contributed by atoms with Gasteiger partial charge < -0.3 is 10.0 Å². The minimum absolute atomic E-state index is 0.114. The van der Waals surface area contributed by atoms with Crippen molar-refractivity contribution in [3.05, 3.63) is 10.6 Å². The zero-order valence-electron chi connectivity index (χ0n) is 9.77. The van der Waals surface area contributed by atoms with Crippen LogP contribution in [0.5, 0.6) is 0 Å². The van der Waals surface area contributed by atoms with Crippen molar-refractivity contribution in [1.29, 1.82) is 0 Å². The number of carboxylic acids is 1. The molecule has 0 unspecified atom stereocenters. The highest BCUT2D eigenvalue weighted by molar-refractivity contribution is 7.17. The van der Waals surface area contributed by atoms with Crippen molar-refractivity contribution in [2.45, 2.75) is 32.7 Å². The van der Waals surface area contributed by atoms with E-state index in [9.17, 15) is 9.59 Å². The van der Waals surface area contributed by atoms with E-state index in [1.807, 2.05) is 6.92 Å². The summed E-state index contributed by atoms with van der Waals surface area (Å²) in [6.07, 6.45) is 2.23. The van der Waals surface area contributed by atoms with Crippen molar-refractivity contribution < 1.29 is 14.7 Å². The Balaban J connectivity index is 2.38. The van der Waals surface area contributed by atoms with Gasteiger partial charge in [-0.05, 0) is 19.8 Å². The molecule has 17 heavy (non-hydrogen) atoms. The van der Waals surface area contributed by atoms with E-state index in [-0.39, 0.29) is 16.4 Å². The molecule has 0 spiro atoms. The summed E-state index contributed by atoms with van der Waals surface area (Å²) in [5.41, 5.74) is -0.114. The number of ketones is 1. The topological polar surface area (TPSA) is 70.5 Å². The van der Waals surface area contributed by atoms with E-state index in [1.165, 1.54) is 18.3 Å². The van der Waals surface area contributed by atoms with Gasteiger partial charge in [0.2, 0.25) is 0 Å². The zero-order valence-corrected chi connectivity index (χ0v) is 10.6. The normalized spacial score (nSPS) is 14.7. The van der Waals surface area contributed by atoms with Crippen LogP contribution in [-0.4, -0.2) is 34.4 Å². The highest BCUT2D eigenvalue weighted by Gasteiger charge is 2.32. The summed E-state index contributed by atoms with van der Waals surface area (Å²) in [5.74, 6) is -1.37. The van der Waals surface area contributed by atoms with Gasteiger partial charge in [-0.25, -0.2) is 9.78 Å². The molecule has 1 heterocycles. The number of aromatic nitrogens is 1. The number of carboxylic acid groups (broad SMARTS) is 1. The fourth-order valence-corrected chi connectivity index (χ4v) is 2.84. The predicted molar refractivity (Wildman–Crippen MR) is 65.1 cm³/mol. The van der Waals surface area contributed by atoms with Crippen LogP contribution in [0.3, 0.4) is 0 Å². The average molecular weight is 254 g/mol. The number of aromatic carboxylic acids is 1. The third-order valence-electron chi connectivity index (χ3n) is 2.71. The Morgan fingerprint density at radius 2 is 2.18 bits per heavy atom. The molecule has 0 amide bonds. The van der Waals surface area contributed by atoms with Gasteiger partial charge in [-0.1, -0.05) is 11.3 Å². The number of hydrogen-bond acceptors (Lipinski definition) is 5. The Morgan fingerprint density at radius 1 is 1.53 bits per heavy atom. The maximum absolute atomic E-state index is 11.4. The monoisotopic (exact) mass is 254 g/mol. The van der Waals surface area contributed by atoms with E-state index in [2.05, 4.69) is 9.88 Å². The van der Waals surface area contributed by atoms with E-state index < -0.39 is 5.97 Å². The highest BCUT2D eigenvalue weighted by Crippen LogP contribution is 2.35. The number of carbonyl (C=O) groups is 2. The Morgan fingerprint density at radius 3 is 2.53 bits per heavy atom. The van der Waals surface area contributed by atoms with E-state index in [0.29, 0.717) is 11.2 Å². The molecular formula is C11H14N2O3S. The van der Waals surface area contributed by atoms with Gasteiger partial charge >= 0.3 is 5.97 Å². The number of Topliss-reactive ketones (excluding diaryl/α,β-unsaturated/α-hetero) is 1. The molecule has 0 aromatic carbocycles. The van der Waals surface area contributed by atoms with Crippen LogP contribution >= 0.6 is 11.3 Å².